The largest absolute Gasteiger partial charge is 0.303 e. The minimum absolute atomic E-state index is 0.204. The molecule has 1 heterocycles. The lowest BCUT2D eigenvalue weighted by molar-refractivity contribution is 0.261. The summed E-state index contributed by atoms with van der Waals surface area (Å²) in [6.07, 6.45) is 0. The summed E-state index contributed by atoms with van der Waals surface area (Å²) < 4.78 is 27.2. The van der Waals surface area contributed by atoms with Crippen molar-refractivity contribution in [1.82, 2.24) is 14.7 Å². The highest BCUT2D eigenvalue weighted by Gasteiger charge is 2.28. The molecule has 3 aromatic carbocycles. The lowest BCUT2D eigenvalue weighted by Crippen LogP contribution is -2.32. The van der Waals surface area contributed by atoms with Crippen LogP contribution >= 0.6 is 0 Å². The van der Waals surface area contributed by atoms with E-state index in [1.165, 1.54) is 4.68 Å². The maximum Gasteiger partial charge on any atom is 0.274 e. The minimum Gasteiger partial charge on any atom is -0.303 e. The van der Waals surface area contributed by atoms with Crippen molar-refractivity contribution in [2.75, 3.05) is 14.1 Å². The van der Waals surface area contributed by atoms with Crippen LogP contribution in [0, 0.1) is 11.3 Å². The van der Waals surface area contributed by atoms with Gasteiger partial charge >= 0.3 is 0 Å². The molecule has 0 fully saturated rings. The molecule has 2 atom stereocenters. The van der Waals surface area contributed by atoms with Crippen LogP contribution in [-0.2, 0) is 16.9 Å². The van der Waals surface area contributed by atoms with Crippen molar-refractivity contribution in [3.05, 3.63) is 100 Å². The third kappa shape index (κ3) is 4.54. The Kier molecular flexibility index (Phi) is 6.69. The van der Waals surface area contributed by atoms with Crippen molar-refractivity contribution in [3.8, 4) is 0 Å². The Morgan fingerprint density at radius 2 is 1.43 bits per heavy atom. The molecule has 0 aliphatic carbocycles. The second-order valence-electron chi connectivity index (χ2n) is 8.82. The first-order valence-electron chi connectivity index (χ1n) is 11.2. The SMILES string of the molecule is C[C@H](C(=N)c1nn(C)c(=O)c2ccccc12)[C@H](c1ccc(S(=O)(=O)c2ccccc2)cc1)N(C)C. The van der Waals surface area contributed by atoms with E-state index in [4.69, 9.17) is 5.41 Å². The highest BCUT2D eigenvalue weighted by molar-refractivity contribution is 7.91. The molecular weight excluding hydrogens is 460 g/mol. The van der Waals surface area contributed by atoms with Gasteiger partial charge in [-0.3, -0.25) is 4.79 Å². The Bertz CT molecular complexity index is 1540. The van der Waals surface area contributed by atoms with Gasteiger partial charge in [-0.25, -0.2) is 13.1 Å². The van der Waals surface area contributed by atoms with E-state index in [0.29, 0.717) is 22.2 Å². The average Bonchev–Trinajstić information content (AvgIpc) is 2.86. The van der Waals surface area contributed by atoms with Crippen LogP contribution in [0.5, 0.6) is 0 Å². The first-order valence-corrected chi connectivity index (χ1v) is 12.7. The third-order valence-corrected chi connectivity index (χ3v) is 8.07. The van der Waals surface area contributed by atoms with E-state index in [9.17, 15) is 13.2 Å². The molecule has 0 unspecified atom stereocenters. The van der Waals surface area contributed by atoms with Gasteiger partial charge in [-0.2, -0.15) is 5.10 Å². The molecule has 0 amide bonds. The van der Waals surface area contributed by atoms with Crippen LogP contribution in [0.25, 0.3) is 10.8 Å². The molecule has 1 N–H and O–H groups in total. The quantitative estimate of drug-likeness (QED) is 0.396. The molecule has 0 aliphatic heterocycles. The molecule has 4 rings (SSSR count). The van der Waals surface area contributed by atoms with Gasteiger partial charge in [0.15, 0.2) is 0 Å². The van der Waals surface area contributed by atoms with Crippen LogP contribution in [-0.4, -0.2) is 42.9 Å². The number of aromatic nitrogens is 2. The van der Waals surface area contributed by atoms with Crippen LogP contribution in [0.2, 0.25) is 0 Å². The smallest absolute Gasteiger partial charge is 0.274 e. The summed E-state index contributed by atoms with van der Waals surface area (Å²) in [6, 6.07) is 22.2. The number of nitrogens with one attached hydrogen (secondary N) is 1. The summed E-state index contributed by atoms with van der Waals surface area (Å²) in [5, 5.41) is 14.6. The average molecular weight is 489 g/mol. The molecule has 0 saturated carbocycles. The maximum atomic E-state index is 13.0. The molecule has 0 radical (unpaired) electrons. The molecule has 1 aromatic heterocycles. The molecule has 0 saturated heterocycles. The molecule has 0 bridgehead atoms. The highest BCUT2D eigenvalue weighted by atomic mass is 32.2. The van der Waals surface area contributed by atoms with E-state index < -0.39 is 9.84 Å². The number of rotatable bonds is 7. The van der Waals surface area contributed by atoms with Gasteiger partial charge in [-0.05, 0) is 50.0 Å². The van der Waals surface area contributed by atoms with Gasteiger partial charge in [0.1, 0.15) is 5.69 Å². The van der Waals surface area contributed by atoms with Crippen molar-refractivity contribution in [3.63, 3.8) is 0 Å². The molecule has 7 nitrogen and oxygen atoms in total. The zero-order valence-corrected chi connectivity index (χ0v) is 21.0. The fourth-order valence-corrected chi connectivity index (χ4v) is 5.77. The minimum atomic E-state index is -3.61. The van der Waals surface area contributed by atoms with E-state index in [-0.39, 0.29) is 27.3 Å². The Morgan fingerprint density at radius 1 is 0.886 bits per heavy atom. The van der Waals surface area contributed by atoms with E-state index in [0.717, 1.165) is 5.56 Å². The second kappa shape index (κ2) is 9.56. The Labute approximate surface area is 205 Å². The maximum absolute atomic E-state index is 13.0. The van der Waals surface area contributed by atoms with Gasteiger partial charge in [0.25, 0.3) is 5.56 Å². The van der Waals surface area contributed by atoms with Crippen molar-refractivity contribution < 1.29 is 8.42 Å². The predicted molar refractivity (Wildman–Crippen MR) is 138 cm³/mol. The van der Waals surface area contributed by atoms with Gasteiger partial charge in [0, 0.05) is 24.4 Å². The van der Waals surface area contributed by atoms with Gasteiger partial charge in [-0.1, -0.05) is 55.5 Å². The lowest BCUT2D eigenvalue weighted by atomic mass is 9.87. The van der Waals surface area contributed by atoms with E-state index in [2.05, 4.69) is 5.10 Å². The Hall–Kier alpha value is -3.62. The van der Waals surface area contributed by atoms with Crippen molar-refractivity contribution >= 4 is 26.3 Å². The first kappa shape index (κ1) is 24.5. The standard InChI is InChI=1S/C27H28N4O3S/c1-18(24(28)25-22-12-8-9-13-23(22)27(32)31(4)29-25)26(30(2)3)19-14-16-21(17-15-19)35(33,34)20-10-6-5-7-11-20/h5-18,26,28H,1-4H3/t18-,26-/m1/s1. The number of sulfone groups is 1. The fraction of sp³-hybridized carbons (Fsp3) is 0.222. The molecule has 35 heavy (non-hydrogen) atoms. The summed E-state index contributed by atoms with van der Waals surface area (Å²) in [7, 11) is 1.83. The lowest BCUT2D eigenvalue weighted by Gasteiger charge is -2.31. The van der Waals surface area contributed by atoms with Gasteiger partial charge < -0.3 is 10.3 Å². The molecule has 4 aromatic rings. The van der Waals surface area contributed by atoms with Crippen molar-refractivity contribution in [2.45, 2.75) is 22.8 Å². The second-order valence-corrected chi connectivity index (χ2v) is 10.8. The molecule has 8 heteroatoms. The Balaban J connectivity index is 1.71. The normalized spacial score (nSPS) is 13.6. The summed E-state index contributed by atoms with van der Waals surface area (Å²) in [6.45, 7) is 1.95. The summed E-state index contributed by atoms with van der Waals surface area (Å²) in [5.41, 5.74) is 1.44. The summed E-state index contributed by atoms with van der Waals surface area (Å²) in [4.78, 5) is 15.0. The summed E-state index contributed by atoms with van der Waals surface area (Å²) >= 11 is 0. The number of benzene rings is 3. The monoisotopic (exact) mass is 488 g/mol. The van der Waals surface area contributed by atoms with E-state index in [1.807, 2.05) is 38.1 Å². The number of hydrogen-bond acceptors (Lipinski definition) is 6. The van der Waals surface area contributed by atoms with Gasteiger partial charge in [0.05, 0.1) is 20.9 Å². The predicted octanol–water partition coefficient (Wildman–Crippen LogP) is 4.07. The number of hydrogen-bond donors (Lipinski definition) is 1. The van der Waals surface area contributed by atoms with Crippen molar-refractivity contribution in [2.24, 2.45) is 13.0 Å². The first-order chi connectivity index (χ1) is 16.6. The van der Waals surface area contributed by atoms with Gasteiger partial charge in [0.2, 0.25) is 9.84 Å². The topological polar surface area (TPSA) is 96.1 Å². The van der Waals surface area contributed by atoms with Crippen LogP contribution < -0.4 is 5.56 Å². The van der Waals surface area contributed by atoms with Crippen LogP contribution in [0.15, 0.2) is 93.4 Å². The highest BCUT2D eigenvalue weighted by Crippen LogP contribution is 2.31. The third-order valence-electron chi connectivity index (χ3n) is 6.28. The fourth-order valence-electron chi connectivity index (χ4n) is 4.49. The summed E-state index contributed by atoms with van der Waals surface area (Å²) in [5.74, 6) is -0.296. The van der Waals surface area contributed by atoms with E-state index >= 15 is 0 Å². The Morgan fingerprint density at radius 3 is 2.03 bits per heavy atom. The van der Waals surface area contributed by atoms with Crippen molar-refractivity contribution in [1.29, 1.82) is 5.41 Å². The van der Waals surface area contributed by atoms with Crippen LogP contribution in [0.3, 0.4) is 0 Å². The zero-order chi connectivity index (χ0) is 25.3. The molecule has 180 valence electrons. The van der Waals surface area contributed by atoms with Crippen LogP contribution in [0.1, 0.15) is 24.2 Å². The van der Waals surface area contributed by atoms with Crippen LogP contribution in [0.4, 0.5) is 0 Å². The molecule has 0 aliphatic rings. The number of fused-ring (bicyclic) bond motifs is 1. The van der Waals surface area contributed by atoms with E-state index in [1.54, 1.807) is 73.8 Å². The number of aryl methyl sites for hydroxylation is 1. The zero-order valence-electron chi connectivity index (χ0n) is 20.1. The molecule has 0 spiro atoms. The number of nitrogens with zero attached hydrogens (tertiary/aromatic N) is 3. The van der Waals surface area contributed by atoms with Gasteiger partial charge in [-0.15, -0.1) is 0 Å². The molecular formula is C27H28N4O3S.